The molecule has 112 valence electrons. The van der Waals surface area contributed by atoms with E-state index in [4.69, 9.17) is 4.42 Å². The van der Waals surface area contributed by atoms with Gasteiger partial charge in [-0.25, -0.2) is 8.42 Å². The van der Waals surface area contributed by atoms with Gasteiger partial charge in [0.25, 0.3) is 0 Å². The molecule has 0 aliphatic carbocycles. The largest absolute Gasteiger partial charge is 0.744 e. The van der Waals surface area contributed by atoms with Crippen LogP contribution in [0.25, 0.3) is 11.3 Å². The molecule has 0 fully saturated rings. The van der Waals surface area contributed by atoms with Crippen LogP contribution in [-0.4, -0.2) is 19.3 Å². The van der Waals surface area contributed by atoms with E-state index in [0.29, 0.717) is 18.4 Å². The number of rotatable bonds is 3. The summed E-state index contributed by atoms with van der Waals surface area (Å²) < 4.78 is 76.1. The van der Waals surface area contributed by atoms with Crippen LogP contribution in [0, 0.1) is 0 Å². The predicted molar refractivity (Wildman–Crippen MR) is 62.5 cm³/mol. The molecule has 0 saturated carbocycles. The highest BCUT2D eigenvalue weighted by atomic mass is 32.2. The zero-order valence-electron chi connectivity index (χ0n) is 10.0. The number of hydrogen-bond donors (Lipinski definition) is 0. The number of halogens is 3. The fraction of sp³-hybridized carbons (Fsp3) is 0.0833. The Labute approximate surface area is 116 Å². The quantitative estimate of drug-likeness (QED) is 0.641. The van der Waals surface area contributed by atoms with Gasteiger partial charge in [0.1, 0.15) is 15.9 Å². The van der Waals surface area contributed by atoms with Crippen LogP contribution >= 0.6 is 0 Å². The molecule has 1 aromatic carbocycles. The number of hydrogen-bond acceptors (Lipinski definition) is 5. The second kappa shape index (κ2) is 5.01. The highest BCUT2D eigenvalue weighted by molar-refractivity contribution is 7.85. The minimum atomic E-state index is -5.27. The Bertz CT molecular complexity index is 789. The Balaban J connectivity index is 2.65. The van der Waals surface area contributed by atoms with Crippen molar-refractivity contribution < 1.29 is 35.4 Å². The van der Waals surface area contributed by atoms with E-state index in [1.807, 2.05) is 0 Å². The maximum atomic E-state index is 12.9. The van der Waals surface area contributed by atoms with Gasteiger partial charge in [-0.05, 0) is 30.3 Å². The Hall–Kier alpha value is -2.13. The zero-order valence-corrected chi connectivity index (χ0v) is 10.9. The van der Waals surface area contributed by atoms with E-state index in [2.05, 4.69) is 0 Å². The van der Waals surface area contributed by atoms with Gasteiger partial charge in [0.2, 0.25) is 0 Å². The fourth-order valence-electron chi connectivity index (χ4n) is 1.69. The van der Waals surface area contributed by atoms with Crippen molar-refractivity contribution in [1.82, 2.24) is 0 Å². The van der Waals surface area contributed by atoms with Gasteiger partial charge in [-0.1, -0.05) is 0 Å². The molecule has 0 bridgehead atoms. The molecule has 0 aliphatic rings. The van der Waals surface area contributed by atoms with E-state index in [1.54, 1.807) is 0 Å². The molecule has 0 saturated heterocycles. The van der Waals surface area contributed by atoms with Crippen molar-refractivity contribution in [3.63, 3.8) is 0 Å². The summed E-state index contributed by atoms with van der Waals surface area (Å²) in [5.74, 6) is -0.156. The summed E-state index contributed by atoms with van der Waals surface area (Å²) in [6.07, 6.45) is -4.66. The summed E-state index contributed by atoms with van der Waals surface area (Å²) in [5.41, 5.74) is -1.69. The molecule has 2 rings (SSSR count). The Morgan fingerprint density at radius 3 is 2.29 bits per heavy atom. The lowest BCUT2D eigenvalue weighted by atomic mass is 10.1. The summed E-state index contributed by atoms with van der Waals surface area (Å²) >= 11 is 0. The topological polar surface area (TPSA) is 87.4 Å². The molecule has 0 N–H and O–H groups in total. The van der Waals surface area contributed by atoms with Crippen molar-refractivity contribution in [3.05, 3.63) is 41.7 Å². The molecular formula is C12H6F3O5S-. The Morgan fingerprint density at radius 2 is 1.81 bits per heavy atom. The van der Waals surface area contributed by atoms with Crippen molar-refractivity contribution in [2.45, 2.75) is 11.1 Å². The molecule has 21 heavy (non-hydrogen) atoms. The molecule has 0 spiro atoms. The van der Waals surface area contributed by atoms with Gasteiger partial charge in [0, 0.05) is 5.56 Å². The predicted octanol–water partition coefficient (Wildman–Crippen LogP) is 2.68. The minimum absolute atomic E-state index is 0.0579. The normalized spacial score (nSPS) is 12.4. The van der Waals surface area contributed by atoms with E-state index in [-0.39, 0.29) is 17.1 Å². The summed E-state index contributed by atoms with van der Waals surface area (Å²) in [6, 6.07) is 4.54. The van der Waals surface area contributed by atoms with Crippen LogP contribution in [0.1, 0.15) is 16.1 Å². The summed E-state index contributed by atoms with van der Waals surface area (Å²) in [6.45, 7) is 0. The molecule has 0 amide bonds. The molecule has 0 radical (unpaired) electrons. The van der Waals surface area contributed by atoms with Gasteiger partial charge in [0.15, 0.2) is 12.0 Å². The maximum absolute atomic E-state index is 12.9. The van der Waals surface area contributed by atoms with Crippen molar-refractivity contribution in [2.24, 2.45) is 0 Å². The van der Waals surface area contributed by atoms with E-state index in [1.165, 1.54) is 12.1 Å². The van der Waals surface area contributed by atoms with Crippen LogP contribution in [0.3, 0.4) is 0 Å². The first-order chi connectivity index (χ1) is 9.63. The maximum Gasteiger partial charge on any atom is 0.417 e. The van der Waals surface area contributed by atoms with E-state index < -0.39 is 26.8 Å². The third kappa shape index (κ3) is 3.14. The van der Waals surface area contributed by atoms with Gasteiger partial charge in [0.05, 0.1) is 10.5 Å². The number of carbonyl (C=O) groups excluding carboxylic acids is 1. The molecule has 0 atom stereocenters. The fourth-order valence-corrected chi connectivity index (χ4v) is 2.37. The highest BCUT2D eigenvalue weighted by Gasteiger charge is 2.35. The smallest absolute Gasteiger partial charge is 0.417 e. The van der Waals surface area contributed by atoms with Gasteiger partial charge in [-0.15, -0.1) is 0 Å². The van der Waals surface area contributed by atoms with Crippen molar-refractivity contribution in [1.29, 1.82) is 0 Å². The lowest BCUT2D eigenvalue weighted by molar-refractivity contribution is -0.139. The van der Waals surface area contributed by atoms with E-state index in [0.717, 1.165) is 6.07 Å². The van der Waals surface area contributed by atoms with Crippen LogP contribution in [0.2, 0.25) is 0 Å². The lowest BCUT2D eigenvalue weighted by Crippen LogP contribution is -2.13. The van der Waals surface area contributed by atoms with E-state index in [9.17, 15) is 30.9 Å². The third-order valence-corrected chi connectivity index (χ3v) is 3.48. The molecule has 2 aromatic rings. The second-order valence-corrected chi connectivity index (χ2v) is 5.33. The first-order valence-corrected chi connectivity index (χ1v) is 6.76. The standard InChI is InChI=1S/C12H7F3O5S/c13-12(14,15)9-5-7(1-4-11(9)21(17,18)19)10-3-2-8(6-16)20-10/h1-6H,(H,17,18,19)/p-1. The molecule has 1 aromatic heterocycles. The number of benzene rings is 1. The second-order valence-electron chi connectivity index (χ2n) is 3.98. The summed E-state index contributed by atoms with van der Waals surface area (Å²) in [5, 5.41) is 0. The van der Waals surface area contributed by atoms with Crippen LogP contribution in [0.5, 0.6) is 0 Å². The van der Waals surface area contributed by atoms with Gasteiger partial charge in [-0.2, -0.15) is 13.2 Å². The SMILES string of the molecule is O=Cc1ccc(-c2ccc(S(=O)(=O)[O-])c(C(F)(F)F)c2)o1. The Kier molecular flexibility index (Phi) is 3.64. The molecule has 9 heteroatoms. The van der Waals surface area contributed by atoms with Crippen LogP contribution < -0.4 is 0 Å². The first-order valence-electron chi connectivity index (χ1n) is 5.35. The monoisotopic (exact) mass is 319 g/mol. The third-order valence-electron chi connectivity index (χ3n) is 2.58. The Morgan fingerprint density at radius 1 is 1.14 bits per heavy atom. The van der Waals surface area contributed by atoms with Crippen molar-refractivity contribution in [3.8, 4) is 11.3 Å². The summed E-state index contributed by atoms with van der Waals surface area (Å²) in [4.78, 5) is 9.11. The average molecular weight is 319 g/mol. The molecule has 0 unspecified atom stereocenters. The van der Waals surface area contributed by atoms with Gasteiger partial charge < -0.3 is 8.97 Å². The highest BCUT2D eigenvalue weighted by Crippen LogP contribution is 2.37. The van der Waals surface area contributed by atoms with Gasteiger partial charge >= 0.3 is 6.18 Å². The molecule has 1 heterocycles. The van der Waals surface area contributed by atoms with E-state index >= 15 is 0 Å². The lowest BCUT2D eigenvalue weighted by Gasteiger charge is -2.16. The summed E-state index contributed by atoms with van der Waals surface area (Å²) in [7, 11) is -5.27. The van der Waals surface area contributed by atoms with Crippen LogP contribution in [0.15, 0.2) is 39.6 Å². The molecule has 0 aliphatic heterocycles. The zero-order chi connectivity index (χ0) is 15.8. The number of furan rings is 1. The number of carbonyl (C=O) groups is 1. The first kappa shape index (κ1) is 15.3. The number of alkyl halides is 3. The van der Waals surface area contributed by atoms with Crippen LogP contribution in [0.4, 0.5) is 13.2 Å². The molecular weight excluding hydrogens is 313 g/mol. The van der Waals surface area contributed by atoms with Crippen molar-refractivity contribution >= 4 is 16.4 Å². The minimum Gasteiger partial charge on any atom is -0.744 e. The molecule has 5 nitrogen and oxygen atoms in total. The van der Waals surface area contributed by atoms with Crippen LogP contribution in [-0.2, 0) is 16.3 Å². The average Bonchev–Trinajstić information content (AvgIpc) is 2.84. The van der Waals surface area contributed by atoms with Crippen molar-refractivity contribution in [2.75, 3.05) is 0 Å². The number of aldehydes is 1. The van der Waals surface area contributed by atoms with Gasteiger partial charge in [-0.3, -0.25) is 4.79 Å².